The average Bonchev–Trinajstić information content (AvgIpc) is 2.68. The van der Waals surface area contributed by atoms with Gasteiger partial charge in [-0.1, -0.05) is 36.8 Å². The molecular weight excluding hydrogens is 324 g/mol. The highest BCUT2D eigenvalue weighted by Gasteiger charge is 2.47. The Bertz CT molecular complexity index is 813. The summed E-state index contributed by atoms with van der Waals surface area (Å²) in [5.41, 5.74) is 1.42. The molecule has 1 amide bonds. The van der Waals surface area contributed by atoms with Crippen LogP contribution in [0.2, 0.25) is 0 Å². The van der Waals surface area contributed by atoms with Crippen molar-refractivity contribution in [2.45, 2.75) is 24.7 Å². The van der Waals surface area contributed by atoms with Crippen LogP contribution in [0.5, 0.6) is 0 Å². The largest absolute Gasteiger partial charge is 0.353 e. The molecule has 1 saturated heterocycles. The minimum absolute atomic E-state index is 0.280. The number of nitrogens with zero attached hydrogens (tertiary/aromatic N) is 4. The Hall–Kier alpha value is -2.87. The summed E-state index contributed by atoms with van der Waals surface area (Å²) < 4.78 is 0. The SMILES string of the molecule is N#Cc1ccc(N2CCN(C(=O)C3(c4ccccc4)CCC3)CC2)nc1. The van der Waals surface area contributed by atoms with E-state index in [2.05, 4.69) is 28.1 Å². The number of hydrogen-bond donors (Lipinski definition) is 0. The minimum Gasteiger partial charge on any atom is -0.353 e. The molecule has 2 aliphatic rings. The summed E-state index contributed by atoms with van der Waals surface area (Å²) in [7, 11) is 0. The topological polar surface area (TPSA) is 60.2 Å². The van der Waals surface area contributed by atoms with Crippen LogP contribution in [0.3, 0.4) is 0 Å². The van der Waals surface area contributed by atoms with Gasteiger partial charge in [0.2, 0.25) is 5.91 Å². The summed E-state index contributed by atoms with van der Waals surface area (Å²) in [6.07, 6.45) is 4.63. The van der Waals surface area contributed by atoms with E-state index in [1.54, 1.807) is 12.3 Å². The van der Waals surface area contributed by atoms with E-state index < -0.39 is 0 Å². The fourth-order valence-corrected chi connectivity index (χ4v) is 3.99. The van der Waals surface area contributed by atoms with Gasteiger partial charge in [-0.3, -0.25) is 4.79 Å². The standard InChI is InChI=1S/C21H22N4O/c22-15-17-7-8-19(23-16-17)24-11-13-25(14-12-24)20(26)21(9-4-10-21)18-5-2-1-3-6-18/h1-3,5-8,16H,4,9-14H2. The van der Waals surface area contributed by atoms with Gasteiger partial charge in [-0.15, -0.1) is 0 Å². The molecule has 0 unspecified atom stereocenters. The van der Waals surface area contributed by atoms with Crippen LogP contribution in [0.25, 0.3) is 0 Å². The van der Waals surface area contributed by atoms with E-state index in [1.165, 1.54) is 0 Å². The first kappa shape index (κ1) is 16.6. The number of hydrogen-bond acceptors (Lipinski definition) is 4. The number of benzene rings is 1. The van der Waals surface area contributed by atoms with Gasteiger partial charge in [0.05, 0.1) is 11.0 Å². The Morgan fingerprint density at radius 2 is 1.77 bits per heavy atom. The maximum Gasteiger partial charge on any atom is 0.233 e. The maximum absolute atomic E-state index is 13.3. The van der Waals surface area contributed by atoms with Gasteiger partial charge in [0, 0.05) is 32.4 Å². The Kier molecular flexibility index (Phi) is 4.34. The zero-order chi connectivity index (χ0) is 18.0. The van der Waals surface area contributed by atoms with Crippen molar-refractivity contribution in [2.24, 2.45) is 0 Å². The summed E-state index contributed by atoms with van der Waals surface area (Å²) >= 11 is 0. The van der Waals surface area contributed by atoms with E-state index in [4.69, 9.17) is 5.26 Å². The van der Waals surface area contributed by atoms with E-state index in [0.29, 0.717) is 5.56 Å². The van der Waals surface area contributed by atoms with Crippen molar-refractivity contribution in [3.63, 3.8) is 0 Å². The van der Waals surface area contributed by atoms with Crippen molar-refractivity contribution in [3.05, 3.63) is 59.8 Å². The Balaban J connectivity index is 1.44. The van der Waals surface area contributed by atoms with Gasteiger partial charge in [0.15, 0.2) is 0 Å². The van der Waals surface area contributed by atoms with Crippen molar-refractivity contribution in [1.82, 2.24) is 9.88 Å². The first-order valence-electron chi connectivity index (χ1n) is 9.19. The van der Waals surface area contributed by atoms with Crippen molar-refractivity contribution < 1.29 is 4.79 Å². The molecule has 132 valence electrons. The number of aromatic nitrogens is 1. The molecule has 1 aliphatic heterocycles. The third-order valence-electron chi connectivity index (χ3n) is 5.71. The van der Waals surface area contributed by atoms with Crippen molar-refractivity contribution in [1.29, 1.82) is 5.26 Å². The summed E-state index contributed by atoms with van der Waals surface area (Å²) in [5, 5.41) is 8.89. The van der Waals surface area contributed by atoms with E-state index in [-0.39, 0.29) is 11.3 Å². The number of amides is 1. The Labute approximate surface area is 153 Å². The molecule has 26 heavy (non-hydrogen) atoms. The third-order valence-corrected chi connectivity index (χ3v) is 5.71. The average molecular weight is 346 g/mol. The van der Waals surface area contributed by atoms with Crippen LogP contribution in [0.4, 0.5) is 5.82 Å². The van der Waals surface area contributed by atoms with Gasteiger partial charge < -0.3 is 9.80 Å². The van der Waals surface area contributed by atoms with Gasteiger partial charge in [0.1, 0.15) is 11.9 Å². The van der Waals surface area contributed by atoms with Crippen LogP contribution >= 0.6 is 0 Å². The zero-order valence-electron chi connectivity index (χ0n) is 14.8. The summed E-state index contributed by atoms with van der Waals surface area (Å²) in [6.45, 7) is 2.98. The minimum atomic E-state index is -0.309. The Morgan fingerprint density at radius 3 is 2.31 bits per heavy atom. The first-order valence-corrected chi connectivity index (χ1v) is 9.19. The maximum atomic E-state index is 13.3. The lowest BCUT2D eigenvalue weighted by atomic mass is 9.63. The lowest BCUT2D eigenvalue weighted by Gasteiger charge is -2.46. The van der Waals surface area contributed by atoms with E-state index in [0.717, 1.165) is 56.8 Å². The van der Waals surface area contributed by atoms with Crippen molar-refractivity contribution in [2.75, 3.05) is 31.1 Å². The monoisotopic (exact) mass is 346 g/mol. The molecule has 1 saturated carbocycles. The zero-order valence-corrected chi connectivity index (χ0v) is 14.8. The number of rotatable bonds is 3. The van der Waals surface area contributed by atoms with Gasteiger partial charge in [-0.25, -0.2) is 4.98 Å². The molecule has 0 spiro atoms. The number of carbonyl (C=O) groups excluding carboxylic acids is 1. The molecule has 1 aromatic heterocycles. The van der Waals surface area contributed by atoms with Crippen LogP contribution in [-0.2, 0) is 10.2 Å². The predicted molar refractivity (Wildman–Crippen MR) is 99.7 cm³/mol. The molecule has 1 aliphatic carbocycles. The lowest BCUT2D eigenvalue weighted by molar-refractivity contribution is -0.141. The van der Waals surface area contributed by atoms with Gasteiger partial charge >= 0.3 is 0 Å². The Morgan fingerprint density at radius 1 is 1.04 bits per heavy atom. The van der Waals surface area contributed by atoms with Crippen molar-refractivity contribution >= 4 is 11.7 Å². The molecule has 2 fully saturated rings. The van der Waals surface area contributed by atoms with Gasteiger partial charge in [0.25, 0.3) is 0 Å². The lowest BCUT2D eigenvalue weighted by Crippen LogP contribution is -2.56. The molecule has 2 heterocycles. The molecule has 0 N–H and O–H groups in total. The van der Waals surface area contributed by atoms with Gasteiger partial charge in [-0.2, -0.15) is 5.26 Å². The normalized spacial score (nSPS) is 18.7. The van der Waals surface area contributed by atoms with Crippen LogP contribution in [0, 0.1) is 11.3 Å². The second-order valence-electron chi connectivity index (χ2n) is 7.10. The molecule has 4 rings (SSSR count). The molecule has 1 aromatic carbocycles. The fraction of sp³-hybridized carbons (Fsp3) is 0.381. The van der Waals surface area contributed by atoms with Crippen LogP contribution in [-0.4, -0.2) is 42.0 Å². The highest BCUT2D eigenvalue weighted by atomic mass is 16.2. The molecule has 5 nitrogen and oxygen atoms in total. The summed E-state index contributed by atoms with van der Waals surface area (Å²) in [6, 6.07) is 16.0. The highest BCUT2D eigenvalue weighted by molar-refractivity contribution is 5.89. The number of pyridine rings is 1. The number of carbonyl (C=O) groups is 1. The van der Waals surface area contributed by atoms with Crippen LogP contribution < -0.4 is 4.90 Å². The van der Waals surface area contributed by atoms with Crippen molar-refractivity contribution in [3.8, 4) is 6.07 Å². The van der Waals surface area contributed by atoms with Gasteiger partial charge in [-0.05, 0) is 30.5 Å². The predicted octanol–water partition coefficient (Wildman–Crippen LogP) is 2.72. The highest BCUT2D eigenvalue weighted by Crippen LogP contribution is 2.45. The van der Waals surface area contributed by atoms with E-state index in [1.807, 2.05) is 29.2 Å². The third kappa shape index (κ3) is 2.82. The second-order valence-corrected chi connectivity index (χ2v) is 7.10. The molecule has 2 aromatic rings. The number of nitriles is 1. The van der Waals surface area contributed by atoms with E-state index in [9.17, 15) is 4.79 Å². The van der Waals surface area contributed by atoms with Crippen LogP contribution in [0.1, 0.15) is 30.4 Å². The summed E-state index contributed by atoms with van der Waals surface area (Å²) in [4.78, 5) is 21.9. The second kappa shape index (κ2) is 6.80. The smallest absolute Gasteiger partial charge is 0.233 e. The molecular formula is C21H22N4O. The number of piperazine rings is 1. The number of anilines is 1. The molecule has 0 radical (unpaired) electrons. The van der Waals surface area contributed by atoms with Crippen LogP contribution in [0.15, 0.2) is 48.7 Å². The van der Waals surface area contributed by atoms with E-state index >= 15 is 0 Å². The fourth-order valence-electron chi connectivity index (χ4n) is 3.99. The first-order chi connectivity index (χ1) is 12.7. The quantitative estimate of drug-likeness (QED) is 0.857. The molecule has 5 heteroatoms. The summed E-state index contributed by atoms with van der Waals surface area (Å²) in [5.74, 6) is 1.15. The molecule has 0 bridgehead atoms. The molecule has 0 atom stereocenters.